The fraction of sp³-hybridized carbons (Fsp3) is 0.226. The number of aromatic nitrogens is 1. The highest BCUT2D eigenvalue weighted by Crippen LogP contribution is 2.43. The summed E-state index contributed by atoms with van der Waals surface area (Å²) in [5.74, 6) is 0.937. The van der Waals surface area contributed by atoms with Crippen LogP contribution in [0.15, 0.2) is 91.1 Å². The molecule has 8 heteroatoms. The van der Waals surface area contributed by atoms with Crippen molar-refractivity contribution < 1.29 is 19.1 Å². The fourth-order valence-electron chi connectivity index (χ4n) is 5.15. The molecule has 7 nitrogen and oxygen atoms in total. The minimum Gasteiger partial charge on any atom is -0.497 e. The smallest absolute Gasteiger partial charge is 0.261 e. The first-order chi connectivity index (χ1) is 19.0. The maximum Gasteiger partial charge on any atom is 0.261 e. The van der Waals surface area contributed by atoms with E-state index in [-0.39, 0.29) is 37.0 Å². The highest BCUT2D eigenvalue weighted by atomic mass is 35.5. The lowest BCUT2D eigenvalue weighted by molar-refractivity contribution is -0.137. The van der Waals surface area contributed by atoms with Crippen molar-refractivity contribution in [2.75, 3.05) is 25.2 Å². The van der Waals surface area contributed by atoms with Crippen molar-refractivity contribution in [2.45, 2.75) is 24.9 Å². The Kier molecular flexibility index (Phi) is 6.75. The number of benzene rings is 3. The van der Waals surface area contributed by atoms with E-state index < -0.39 is 0 Å². The molecule has 0 bridgehead atoms. The summed E-state index contributed by atoms with van der Waals surface area (Å²) in [6.45, 7) is -0.179. The van der Waals surface area contributed by atoms with E-state index in [1.807, 2.05) is 71.8 Å². The molecule has 1 fully saturated rings. The SMILES string of the molecule is COc1ccc([C@H]2c3cccn3-c3ccccc3N2C(=O)CN(C(=O)COc2ccc(Cl)cc2)C2CC2)cc1. The Morgan fingerprint density at radius 3 is 2.28 bits per heavy atom. The van der Waals surface area contributed by atoms with Crippen LogP contribution in [0.1, 0.15) is 30.1 Å². The zero-order chi connectivity index (χ0) is 26.9. The summed E-state index contributed by atoms with van der Waals surface area (Å²) in [6.07, 6.45) is 3.77. The van der Waals surface area contributed by atoms with Gasteiger partial charge in [0.05, 0.1) is 24.2 Å². The Morgan fingerprint density at radius 2 is 1.59 bits per heavy atom. The molecule has 39 heavy (non-hydrogen) atoms. The minimum absolute atomic E-state index is 0.0326. The van der Waals surface area contributed by atoms with E-state index in [2.05, 4.69) is 4.57 Å². The average molecular weight is 542 g/mol. The van der Waals surface area contributed by atoms with Gasteiger partial charge in [-0.15, -0.1) is 0 Å². The van der Waals surface area contributed by atoms with Gasteiger partial charge in [-0.1, -0.05) is 35.9 Å². The lowest BCUT2D eigenvalue weighted by Gasteiger charge is -2.39. The van der Waals surface area contributed by atoms with Crippen LogP contribution >= 0.6 is 11.6 Å². The molecule has 2 amide bonds. The summed E-state index contributed by atoms with van der Waals surface area (Å²) < 4.78 is 13.2. The summed E-state index contributed by atoms with van der Waals surface area (Å²) in [5, 5.41) is 0.596. The second-order valence-corrected chi connectivity index (χ2v) is 10.2. The molecule has 4 aromatic rings. The minimum atomic E-state index is -0.366. The first-order valence-electron chi connectivity index (χ1n) is 12.9. The van der Waals surface area contributed by atoms with E-state index in [1.165, 1.54) is 0 Å². The standard InChI is InChI=1S/C31H28ClN3O4/c1-38-24-14-8-21(9-15-24)31-28-7-4-18-33(28)26-5-2-3-6-27(26)35(31)29(36)19-34(23-12-13-23)30(37)20-39-25-16-10-22(32)11-17-25/h2-11,14-18,23,31H,12-13,19-20H2,1H3/t31-/m0/s1. The number of para-hydroxylation sites is 2. The van der Waals surface area contributed by atoms with Crippen molar-refractivity contribution in [3.05, 3.63) is 107 Å². The summed E-state index contributed by atoms with van der Waals surface area (Å²) in [6, 6.07) is 26.2. The number of amides is 2. The van der Waals surface area contributed by atoms with Gasteiger partial charge in [-0.25, -0.2) is 0 Å². The Balaban J connectivity index is 1.30. The van der Waals surface area contributed by atoms with E-state index in [0.717, 1.165) is 41.2 Å². The number of carbonyl (C=O) groups excluding carboxylic acids is 2. The number of nitrogens with zero attached hydrogens (tertiary/aromatic N) is 3. The molecule has 1 atom stereocenters. The van der Waals surface area contributed by atoms with Gasteiger partial charge in [-0.05, 0) is 79.1 Å². The fourth-order valence-corrected chi connectivity index (χ4v) is 5.28. The van der Waals surface area contributed by atoms with Gasteiger partial charge in [0.15, 0.2) is 6.61 Å². The number of fused-ring (bicyclic) bond motifs is 3. The van der Waals surface area contributed by atoms with Gasteiger partial charge >= 0.3 is 0 Å². The maximum atomic E-state index is 14.2. The Bertz CT molecular complexity index is 1500. The van der Waals surface area contributed by atoms with Crippen LogP contribution in [0.3, 0.4) is 0 Å². The second kappa shape index (κ2) is 10.5. The lowest BCUT2D eigenvalue weighted by Crippen LogP contribution is -2.48. The van der Waals surface area contributed by atoms with Crippen LogP contribution < -0.4 is 14.4 Å². The van der Waals surface area contributed by atoms with Crippen LogP contribution in [0.25, 0.3) is 5.69 Å². The van der Waals surface area contributed by atoms with Crippen molar-refractivity contribution in [1.82, 2.24) is 9.47 Å². The molecule has 2 heterocycles. The molecular weight excluding hydrogens is 514 g/mol. The Hall–Kier alpha value is -4.23. The number of rotatable bonds is 8. The third-order valence-corrected chi connectivity index (χ3v) is 7.46. The van der Waals surface area contributed by atoms with Crippen LogP contribution in [0.4, 0.5) is 5.69 Å². The molecule has 1 aliphatic heterocycles. The first kappa shape index (κ1) is 25.1. The number of anilines is 1. The lowest BCUT2D eigenvalue weighted by atomic mass is 9.97. The Labute approximate surface area is 232 Å². The highest BCUT2D eigenvalue weighted by molar-refractivity contribution is 6.30. The molecule has 6 rings (SSSR count). The molecule has 0 spiro atoms. The largest absolute Gasteiger partial charge is 0.497 e. The first-order valence-corrected chi connectivity index (χ1v) is 13.3. The average Bonchev–Trinajstić information content (AvgIpc) is 3.69. The van der Waals surface area contributed by atoms with Gasteiger partial charge in [0.1, 0.15) is 24.1 Å². The number of hydrogen-bond donors (Lipinski definition) is 0. The Morgan fingerprint density at radius 1 is 0.897 bits per heavy atom. The van der Waals surface area contributed by atoms with Crippen molar-refractivity contribution in [3.63, 3.8) is 0 Å². The summed E-state index contributed by atoms with van der Waals surface area (Å²) in [4.78, 5) is 31.0. The van der Waals surface area contributed by atoms with Crippen LogP contribution in [-0.2, 0) is 9.59 Å². The predicted octanol–water partition coefficient (Wildman–Crippen LogP) is 5.65. The van der Waals surface area contributed by atoms with Crippen molar-refractivity contribution in [3.8, 4) is 17.2 Å². The zero-order valence-electron chi connectivity index (χ0n) is 21.5. The van der Waals surface area contributed by atoms with Crippen LogP contribution in [0, 0.1) is 0 Å². The molecule has 1 saturated carbocycles. The molecule has 0 unspecified atom stereocenters. The summed E-state index contributed by atoms with van der Waals surface area (Å²) in [5.41, 5.74) is 3.65. The van der Waals surface area contributed by atoms with Gasteiger partial charge < -0.3 is 18.9 Å². The molecule has 1 aromatic heterocycles. The molecule has 198 valence electrons. The number of hydrogen-bond acceptors (Lipinski definition) is 4. The van der Waals surface area contributed by atoms with Crippen molar-refractivity contribution in [1.29, 1.82) is 0 Å². The zero-order valence-corrected chi connectivity index (χ0v) is 22.3. The molecule has 0 N–H and O–H groups in total. The van der Waals surface area contributed by atoms with E-state index in [4.69, 9.17) is 21.1 Å². The monoisotopic (exact) mass is 541 g/mol. The molecule has 0 radical (unpaired) electrons. The number of carbonyl (C=O) groups is 2. The summed E-state index contributed by atoms with van der Waals surface area (Å²) >= 11 is 5.96. The maximum absolute atomic E-state index is 14.2. The second-order valence-electron chi connectivity index (χ2n) is 9.73. The van der Waals surface area contributed by atoms with Gasteiger partial charge in [-0.2, -0.15) is 0 Å². The van der Waals surface area contributed by atoms with Crippen LogP contribution in [0.5, 0.6) is 11.5 Å². The predicted molar refractivity (Wildman–Crippen MR) is 150 cm³/mol. The van der Waals surface area contributed by atoms with E-state index in [1.54, 1.807) is 36.3 Å². The molecule has 3 aromatic carbocycles. The van der Waals surface area contributed by atoms with Crippen molar-refractivity contribution in [2.24, 2.45) is 0 Å². The van der Waals surface area contributed by atoms with Gasteiger partial charge in [0.25, 0.3) is 5.91 Å². The third kappa shape index (κ3) is 4.98. The van der Waals surface area contributed by atoms with Crippen molar-refractivity contribution >= 4 is 29.1 Å². The molecular formula is C31H28ClN3O4. The van der Waals surface area contributed by atoms with Crippen LogP contribution in [-0.4, -0.2) is 47.6 Å². The third-order valence-electron chi connectivity index (χ3n) is 7.21. The number of methoxy groups -OCH3 is 1. The number of ether oxygens (including phenoxy) is 2. The normalized spacial score (nSPS) is 15.7. The highest BCUT2D eigenvalue weighted by Gasteiger charge is 2.40. The molecule has 1 aliphatic carbocycles. The van der Waals surface area contributed by atoms with E-state index in [9.17, 15) is 9.59 Å². The summed E-state index contributed by atoms with van der Waals surface area (Å²) in [7, 11) is 1.63. The quantitative estimate of drug-likeness (QED) is 0.289. The van der Waals surface area contributed by atoms with Gasteiger partial charge in [0, 0.05) is 17.3 Å². The van der Waals surface area contributed by atoms with Gasteiger partial charge in [-0.3, -0.25) is 14.5 Å². The van der Waals surface area contributed by atoms with E-state index >= 15 is 0 Å². The molecule has 0 saturated heterocycles. The topological polar surface area (TPSA) is 64.0 Å². The van der Waals surface area contributed by atoms with E-state index in [0.29, 0.717) is 10.8 Å². The van der Waals surface area contributed by atoms with Gasteiger partial charge in [0.2, 0.25) is 5.91 Å². The number of halogens is 1. The molecule has 2 aliphatic rings. The van der Waals surface area contributed by atoms with Crippen LogP contribution in [0.2, 0.25) is 5.02 Å².